The molecule has 5 heteroatoms. The van der Waals surface area contributed by atoms with Gasteiger partial charge in [-0.25, -0.2) is 4.98 Å². The van der Waals surface area contributed by atoms with Crippen molar-refractivity contribution in [2.24, 2.45) is 0 Å². The molecule has 0 aliphatic carbocycles. The molecule has 2 rings (SSSR count). The van der Waals surface area contributed by atoms with Crippen molar-refractivity contribution in [2.75, 3.05) is 11.9 Å². The van der Waals surface area contributed by atoms with E-state index in [2.05, 4.69) is 28.3 Å². The topological polar surface area (TPSA) is 70.8 Å². The number of hydrogen-bond donors (Lipinski definition) is 1. The first-order valence-electron chi connectivity index (χ1n) is 6.91. The Morgan fingerprint density at radius 3 is 2.81 bits per heavy atom. The van der Waals surface area contributed by atoms with Gasteiger partial charge in [0.2, 0.25) is 0 Å². The molecule has 0 unspecified atom stereocenters. The molecule has 0 atom stereocenters. The van der Waals surface area contributed by atoms with E-state index in [1.54, 1.807) is 24.5 Å². The SMILES string of the molecule is CCCNc1cnc(COc2cc(C#N)ccc2C)cn1. The monoisotopic (exact) mass is 282 g/mol. The summed E-state index contributed by atoms with van der Waals surface area (Å²) in [6.45, 7) is 5.25. The lowest BCUT2D eigenvalue weighted by Crippen LogP contribution is -2.05. The molecule has 0 saturated heterocycles. The smallest absolute Gasteiger partial charge is 0.144 e. The van der Waals surface area contributed by atoms with Gasteiger partial charge in [0.1, 0.15) is 18.2 Å². The number of nitrogens with one attached hydrogen (secondary N) is 1. The quantitative estimate of drug-likeness (QED) is 0.881. The fourth-order valence-electron chi connectivity index (χ4n) is 1.75. The molecule has 1 heterocycles. The van der Waals surface area contributed by atoms with Gasteiger partial charge in [0.25, 0.3) is 0 Å². The van der Waals surface area contributed by atoms with Crippen molar-refractivity contribution in [3.05, 3.63) is 47.4 Å². The molecular formula is C16H18N4O. The van der Waals surface area contributed by atoms with Crippen molar-refractivity contribution in [1.29, 1.82) is 5.26 Å². The average molecular weight is 282 g/mol. The van der Waals surface area contributed by atoms with Crippen LogP contribution in [0.3, 0.4) is 0 Å². The van der Waals surface area contributed by atoms with E-state index in [4.69, 9.17) is 10.00 Å². The number of hydrogen-bond acceptors (Lipinski definition) is 5. The molecule has 2 aromatic rings. The van der Waals surface area contributed by atoms with Crippen LogP contribution in [0, 0.1) is 18.3 Å². The molecule has 108 valence electrons. The molecule has 0 fully saturated rings. The lowest BCUT2D eigenvalue weighted by molar-refractivity contribution is 0.298. The summed E-state index contributed by atoms with van der Waals surface area (Å²) in [5.41, 5.74) is 2.32. The Morgan fingerprint density at radius 1 is 1.29 bits per heavy atom. The van der Waals surface area contributed by atoms with Gasteiger partial charge in [-0.3, -0.25) is 4.98 Å². The average Bonchev–Trinajstić information content (AvgIpc) is 2.53. The van der Waals surface area contributed by atoms with Crippen LogP contribution in [0.4, 0.5) is 5.82 Å². The van der Waals surface area contributed by atoms with Gasteiger partial charge in [0.05, 0.1) is 29.7 Å². The number of ether oxygens (including phenoxy) is 1. The second-order valence-corrected chi connectivity index (χ2v) is 4.70. The molecule has 5 nitrogen and oxygen atoms in total. The Morgan fingerprint density at radius 2 is 2.14 bits per heavy atom. The molecule has 0 aliphatic rings. The van der Waals surface area contributed by atoms with Crippen LogP contribution in [0.25, 0.3) is 0 Å². The fourth-order valence-corrected chi connectivity index (χ4v) is 1.75. The van der Waals surface area contributed by atoms with Gasteiger partial charge < -0.3 is 10.1 Å². The molecule has 0 saturated carbocycles. The van der Waals surface area contributed by atoms with E-state index in [1.165, 1.54) is 0 Å². The van der Waals surface area contributed by atoms with Crippen molar-refractivity contribution >= 4 is 5.82 Å². The van der Waals surface area contributed by atoms with Crippen LogP contribution in [-0.4, -0.2) is 16.5 Å². The highest BCUT2D eigenvalue weighted by Gasteiger charge is 2.03. The summed E-state index contributed by atoms with van der Waals surface area (Å²) >= 11 is 0. The maximum absolute atomic E-state index is 8.90. The molecule has 0 radical (unpaired) electrons. The van der Waals surface area contributed by atoms with Crippen LogP contribution in [-0.2, 0) is 6.61 Å². The van der Waals surface area contributed by atoms with Crippen LogP contribution in [0.2, 0.25) is 0 Å². The number of aromatic nitrogens is 2. The van der Waals surface area contributed by atoms with Crippen molar-refractivity contribution in [3.63, 3.8) is 0 Å². The minimum atomic E-state index is 0.330. The van der Waals surface area contributed by atoms with Gasteiger partial charge in [-0.2, -0.15) is 5.26 Å². The molecule has 0 aliphatic heterocycles. The van der Waals surface area contributed by atoms with E-state index in [0.717, 1.165) is 30.0 Å². The standard InChI is InChI=1S/C16H18N4O/c1-3-6-18-16-10-19-14(9-20-16)11-21-15-7-13(8-17)5-4-12(15)2/h4-5,7,9-10H,3,6,11H2,1-2H3,(H,18,20). The lowest BCUT2D eigenvalue weighted by Gasteiger charge is -2.09. The highest BCUT2D eigenvalue weighted by molar-refractivity contribution is 5.41. The maximum Gasteiger partial charge on any atom is 0.144 e. The predicted molar refractivity (Wildman–Crippen MR) is 81.0 cm³/mol. The third kappa shape index (κ3) is 4.18. The predicted octanol–water partition coefficient (Wildman–Crippen LogP) is 3.06. The van der Waals surface area contributed by atoms with E-state index >= 15 is 0 Å². The first-order chi connectivity index (χ1) is 10.2. The molecule has 1 aromatic carbocycles. The van der Waals surface area contributed by atoms with Crippen molar-refractivity contribution < 1.29 is 4.74 Å². The summed E-state index contributed by atoms with van der Waals surface area (Å²) in [5.74, 6) is 1.47. The van der Waals surface area contributed by atoms with E-state index in [0.29, 0.717) is 17.9 Å². The molecule has 0 bridgehead atoms. The summed E-state index contributed by atoms with van der Waals surface area (Å²) in [7, 11) is 0. The fraction of sp³-hybridized carbons (Fsp3) is 0.312. The highest BCUT2D eigenvalue weighted by Crippen LogP contribution is 2.20. The summed E-state index contributed by atoms with van der Waals surface area (Å²) in [4.78, 5) is 8.58. The number of aryl methyl sites for hydroxylation is 1. The van der Waals surface area contributed by atoms with E-state index in [9.17, 15) is 0 Å². The van der Waals surface area contributed by atoms with Crippen molar-refractivity contribution in [1.82, 2.24) is 9.97 Å². The Bertz CT molecular complexity index is 632. The minimum Gasteiger partial charge on any atom is -0.487 e. The summed E-state index contributed by atoms with van der Waals surface area (Å²) in [5, 5.41) is 12.1. The van der Waals surface area contributed by atoms with Crippen molar-refractivity contribution in [3.8, 4) is 11.8 Å². The number of rotatable bonds is 6. The second-order valence-electron chi connectivity index (χ2n) is 4.70. The Hall–Kier alpha value is -2.61. The molecule has 1 N–H and O–H groups in total. The van der Waals surface area contributed by atoms with Gasteiger partial charge in [0.15, 0.2) is 0 Å². The molecule has 21 heavy (non-hydrogen) atoms. The van der Waals surface area contributed by atoms with Gasteiger partial charge in [0, 0.05) is 6.54 Å². The normalized spacial score (nSPS) is 9.95. The Balaban J connectivity index is 1.98. The van der Waals surface area contributed by atoms with Crippen LogP contribution in [0.1, 0.15) is 30.2 Å². The van der Waals surface area contributed by atoms with Crippen LogP contribution < -0.4 is 10.1 Å². The molecule has 0 spiro atoms. The third-order valence-corrected chi connectivity index (χ3v) is 2.95. The zero-order valence-electron chi connectivity index (χ0n) is 12.3. The first kappa shape index (κ1) is 14.8. The van der Waals surface area contributed by atoms with Crippen LogP contribution in [0.15, 0.2) is 30.6 Å². The third-order valence-electron chi connectivity index (χ3n) is 2.95. The van der Waals surface area contributed by atoms with Crippen molar-refractivity contribution in [2.45, 2.75) is 26.9 Å². The maximum atomic E-state index is 8.90. The largest absolute Gasteiger partial charge is 0.487 e. The van der Waals surface area contributed by atoms with E-state index in [1.807, 2.05) is 13.0 Å². The van der Waals surface area contributed by atoms with E-state index < -0.39 is 0 Å². The minimum absolute atomic E-state index is 0.330. The Labute approximate surface area is 124 Å². The second kappa shape index (κ2) is 7.25. The van der Waals surface area contributed by atoms with Gasteiger partial charge >= 0.3 is 0 Å². The number of nitrogens with zero attached hydrogens (tertiary/aromatic N) is 3. The zero-order valence-corrected chi connectivity index (χ0v) is 12.3. The molecular weight excluding hydrogens is 264 g/mol. The summed E-state index contributed by atoms with van der Waals surface area (Å²) < 4.78 is 5.71. The zero-order chi connectivity index (χ0) is 15.1. The number of nitriles is 1. The van der Waals surface area contributed by atoms with Crippen LogP contribution >= 0.6 is 0 Å². The van der Waals surface area contributed by atoms with Gasteiger partial charge in [-0.05, 0) is 31.0 Å². The lowest BCUT2D eigenvalue weighted by atomic mass is 10.1. The highest BCUT2D eigenvalue weighted by atomic mass is 16.5. The first-order valence-corrected chi connectivity index (χ1v) is 6.91. The summed E-state index contributed by atoms with van der Waals surface area (Å²) in [6.07, 6.45) is 4.44. The molecule has 1 aromatic heterocycles. The Kier molecular flexibility index (Phi) is 5.10. The van der Waals surface area contributed by atoms with Gasteiger partial charge in [-0.15, -0.1) is 0 Å². The molecule has 0 amide bonds. The number of anilines is 1. The van der Waals surface area contributed by atoms with E-state index in [-0.39, 0.29) is 0 Å². The number of benzene rings is 1. The van der Waals surface area contributed by atoms with Crippen LogP contribution in [0.5, 0.6) is 5.75 Å². The van der Waals surface area contributed by atoms with Gasteiger partial charge in [-0.1, -0.05) is 13.0 Å². The summed E-state index contributed by atoms with van der Waals surface area (Å²) in [6, 6.07) is 7.49.